The summed E-state index contributed by atoms with van der Waals surface area (Å²) in [6, 6.07) is 2.11. The minimum atomic E-state index is 0.0696. The fourth-order valence-corrected chi connectivity index (χ4v) is 1.79. The second-order valence-corrected chi connectivity index (χ2v) is 4.83. The van der Waals surface area contributed by atoms with Crippen LogP contribution in [0.25, 0.3) is 0 Å². The van der Waals surface area contributed by atoms with Crippen molar-refractivity contribution in [2.75, 3.05) is 0 Å². The van der Waals surface area contributed by atoms with Crippen LogP contribution in [0.15, 0.2) is 22.9 Å². The molecule has 5 nitrogen and oxygen atoms in total. The predicted octanol–water partition coefficient (Wildman–Crippen LogP) is 2.14. The van der Waals surface area contributed by atoms with Crippen LogP contribution in [-0.2, 0) is 13.0 Å². The van der Waals surface area contributed by atoms with Gasteiger partial charge >= 0.3 is 0 Å². The molecule has 2 aromatic rings. The maximum Gasteiger partial charge on any atom is 0.236 e. The summed E-state index contributed by atoms with van der Waals surface area (Å²) in [5.74, 6) is 1.74. The molecule has 2 heterocycles. The number of nitrogens with two attached hydrogens (primary N) is 1. The van der Waals surface area contributed by atoms with E-state index in [2.05, 4.69) is 24.0 Å². The van der Waals surface area contributed by atoms with Gasteiger partial charge in [-0.15, -0.1) is 10.2 Å². The van der Waals surface area contributed by atoms with E-state index in [4.69, 9.17) is 10.2 Å². The average Bonchev–Trinajstić information content (AvgIpc) is 2.97. The van der Waals surface area contributed by atoms with Gasteiger partial charge in [-0.2, -0.15) is 0 Å². The van der Waals surface area contributed by atoms with Crippen LogP contribution < -0.4 is 5.73 Å². The van der Waals surface area contributed by atoms with E-state index in [0.717, 1.165) is 12.0 Å². The minimum Gasteiger partial charge on any atom is -0.423 e. The van der Waals surface area contributed by atoms with Crippen LogP contribution in [0.5, 0.6) is 0 Å². The van der Waals surface area contributed by atoms with Crippen LogP contribution in [-0.4, -0.2) is 14.8 Å². The van der Waals surface area contributed by atoms with Gasteiger partial charge in [0.2, 0.25) is 11.8 Å². The summed E-state index contributed by atoms with van der Waals surface area (Å²) >= 11 is 0. The highest BCUT2D eigenvalue weighted by Gasteiger charge is 2.12. The largest absolute Gasteiger partial charge is 0.423 e. The van der Waals surface area contributed by atoms with Crippen LogP contribution >= 0.6 is 0 Å². The van der Waals surface area contributed by atoms with Crippen LogP contribution in [0, 0.1) is 5.92 Å². The van der Waals surface area contributed by atoms with Crippen molar-refractivity contribution in [3.8, 4) is 0 Å². The van der Waals surface area contributed by atoms with E-state index in [0.29, 0.717) is 24.2 Å². The zero-order valence-corrected chi connectivity index (χ0v) is 11.1. The van der Waals surface area contributed by atoms with E-state index in [1.807, 2.05) is 30.0 Å². The zero-order valence-electron chi connectivity index (χ0n) is 11.1. The number of aryl methyl sites for hydroxylation is 1. The van der Waals surface area contributed by atoms with Crippen LogP contribution in [0.3, 0.4) is 0 Å². The van der Waals surface area contributed by atoms with Crippen molar-refractivity contribution in [1.82, 2.24) is 14.8 Å². The molecule has 0 amide bonds. The molecule has 0 spiro atoms. The quantitative estimate of drug-likeness (QED) is 0.880. The second kappa shape index (κ2) is 5.35. The summed E-state index contributed by atoms with van der Waals surface area (Å²) in [6.45, 7) is 6.83. The summed E-state index contributed by atoms with van der Waals surface area (Å²) in [6.07, 6.45) is 4.80. The molecule has 1 unspecified atom stereocenters. The molecular weight excluding hydrogens is 228 g/mol. The highest BCUT2D eigenvalue weighted by molar-refractivity contribution is 5.16. The zero-order chi connectivity index (χ0) is 13.1. The predicted molar refractivity (Wildman–Crippen MR) is 69.0 cm³/mol. The molecule has 98 valence electrons. The van der Waals surface area contributed by atoms with Crippen LogP contribution in [0.2, 0.25) is 0 Å². The molecule has 0 aromatic carbocycles. The first-order valence-electron chi connectivity index (χ1n) is 6.32. The van der Waals surface area contributed by atoms with Gasteiger partial charge in [-0.1, -0.05) is 20.8 Å². The van der Waals surface area contributed by atoms with Gasteiger partial charge in [-0.25, -0.2) is 0 Å². The lowest BCUT2D eigenvalue weighted by atomic mass is 10.00. The number of hydrogen-bond donors (Lipinski definition) is 1. The van der Waals surface area contributed by atoms with Gasteiger partial charge in [-0.05, 0) is 17.5 Å². The lowest BCUT2D eigenvalue weighted by molar-refractivity contribution is 0.442. The maximum absolute atomic E-state index is 6.11. The van der Waals surface area contributed by atoms with Crippen LogP contribution in [0.1, 0.15) is 44.2 Å². The molecule has 5 heteroatoms. The standard InChI is InChI=1S/C13H20N4O/c1-4-11-15-16-12(18-11)8-17-6-5-10(7-17)13(14)9(2)3/h5-7,9,13H,4,8,14H2,1-3H3. The second-order valence-electron chi connectivity index (χ2n) is 4.83. The molecule has 0 aliphatic heterocycles. The highest BCUT2D eigenvalue weighted by Crippen LogP contribution is 2.19. The third-order valence-electron chi connectivity index (χ3n) is 3.01. The molecule has 0 aliphatic rings. The Hall–Kier alpha value is -1.62. The third kappa shape index (κ3) is 2.79. The Morgan fingerprint density at radius 1 is 1.33 bits per heavy atom. The van der Waals surface area contributed by atoms with E-state index < -0.39 is 0 Å². The third-order valence-corrected chi connectivity index (χ3v) is 3.01. The fourth-order valence-electron chi connectivity index (χ4n) is 1.79. The molecule has 2 rings (SSSR count). The maximum atomic E-state index is 6.11. The van der Waals surface area contributed by atoms with E-state index >= 15 is 0 Å². The first kappa shape index (κ1) is 12.8. The number of aromatic nitrogens is 3. The highest BCUT2D eigenvalue weighted by atomic mass is 16.4. The van der Waals surface area contributed by atoms with Gasteiger partial charge in [-0.3, -0.25) is 0 Å². The van der Waals surface area contributed by atoms with Gasteiger partial charge in [0.05, 0.1) is 0 Å². The molecule has 2 N–H and O–H groups in total. The van der Waals surface area contributed by atoms with Gasteiger partial charge in [0.15, 0.2) is 0 Å². The Kier molecular flexibility index (Phi) is 3.81. The molecule has 0 fully saturated rings. The number of hydrogen-bond acceptors (Lipinski definition) is 4. The van der Waals surface area contributed by atoms with Crippen molar-refractivity contribution in [3.05, 3.63) is 35.8 Å². The topological polar surface area (TPSA) is 69.9 Å². The monoisotopic (exact) mass is 248 g/mol. The van der Waals surface area contributed by atoms with Gasteiger partial charge in [0.1, 0.15) is 6.54 Å². The summed E-state index contributed by atoms with van der Waals surface area (Å²) in [5.41, 5.74) is 7.24. The average molecular weight is 248 g/mol. The van der Waals surface area contributed by atoms with E-state index in [1.54, 1.807) is 0 Å². The van der Waals surface area contributed by atoms with Gasteiger partial charge in [0, 0.05) is 24.9 Å². The Bertz CT molecular complexity index is 501. The summed E-state index contributed by atoms with van der Waals surface area (Å²) in [7, 11) is 0. The van der Waals surface area contributed by atoms with Crippen molar-refractivity contribution in [3.63, 3.8) is 0 Å². The van der Waals surface area contributed by atoms with Crippen molar-refractivity contribution in [2.24, 2.45) is 11.7 Å². The first-order valence-corrected chi connectivity index (χ1v) is 6.32. The summed E-state index contributed by atoms with van der Waals surface area (Å²) < 4.78 is 7.50. The van der Waals surface area contributed by atoms with Crippen LogP contribution in [0.4, 0.5) is 0 Å². The molecule has 1 atom stereocenters. The number of rotatable bonds is 5. The molecule has 0 bridgehead atoms. The van der Waals surface area contributed by atoms with Gasteiger partial charge < -0.3 is 14.7 Å². The molecule has 0 saturated carbocycles. The van der Waals surface area contributed by atoms with E-state index in [-0.39, 0.29) is 6.04 Å². The first-order chi connectivity index (χ1) is 8.60. The molecule has 0 radical (unpaired) electrons. The Morgan fingerprint density at radius 3 is 2.67 bits per heavy atom. The lowest BCUT2D eigenvalue weighted by Gasteiger charge is -2.13. The number of nitrogens with zero attached hydrogens (tertiary/aromatic N) is 3. The van der Waals surface area contributed by atoms with Gasteiger partial charge in [0.25, 0.3) is 0 Å². The minimum absolute atomic E-state index is 0.0696. The molecule has 2 aromatic heterocycles. The van der Waals surface area contributed by atoms with Crippen molar-refractivity contribution < 1.29 is 4.42 Å². The SMILES string of the molecule is CCc1nnc(Cn2ccc(C(N)C(C)C)c2)o1. The van der Waals surface area contributed by atoms with Crippen molar-refractivity contribution in [2.45, 2.75) is 39.8 Å². The molecule has 0 aliphatic carbocycles. The Morgan fingerprint density at radius 2 is 2.06 bits per heavy atom. The summed E-state index contributed by atoms with van der Waals surface area (Å²) in [4.78, 5) is 0. The Balaban J connectivity index is 2.06. The van der Waals surface area contributed by atoms with Crippen molar-refractivity contribution >= 4 is 0 Å². The Labute approximate surface area is 107 Å². The normalized spacial score (nSPS) is 13.2. The molecule has 18 heavy (non-hydrogen) atoms. The smallest absolute Gasteiger partial charge is 0.236 e. The fraction of sp³-hybridized carbons (Fsp3) is 0.538. The van der Waals surface area contributed by atoms with E-state index in [1.165, 1.54) is 0 Å². The van der Waals surface area contributed by atoms with E-state index in [9.17, 15) is 0 Å². The molecular formula is C13H20N4O. The summed E-state index contributed by atoms with van der Waals surface area (Å²) in [5, 5.41) is 7.95. The van der Waals surface area contributed by atoms with Crippen molar-refractivity contribution in [1.29, 1.82) is 0 Å². The molecule has 0 saturated heterocycles. The lowest BCUT2D eigenvalue weighted by Crippen LogP contribution is -2.15.